The molecule has 9 heteroatoms. The van der Waals surface area contributed by atoms with Crippen molar-refractivity contribution in [3.8, 4) is 11.6 Å². The molecule has 0 spiro atoms. The molecule has 6 nitrogen and oxygen atoms in total. The zero-order valence-electron chi connectivity index (χ0n) is 13.3. The van der Waals surface area contributed by atoms with Gasteiger partial charge in [0.25, 0.3) is 0 Å². The van der Waals surface area contributed by atoms with Crippen LogP contribution in [-0.4, -0.2) is 17.8 Å². The van der Waals surface area contributed by atoms with Gasteiger partial charge in [-0.25, -0.2) is 4.98 Å². The fourth-order valence-electron chi connectivity index (χ4n) is 2.02. The van der Waals surface area contributed by atoms with Crippen LogP contribution in [0.5, 0.6) is 11.6 Å². The Morgan fingerprint density at radius 3 is 2.56 bits per heavy atom. The number of rotatable bonds is 7. The van der Waals surface area contributed by atoms with E-state index >= 15 is 0 Å². The number of aromatic nitrogens is 1. The van der Waals surface area contributed by atoms with Crippen molar-refractivity contribution in [2.24, 2.45) is 5.11 Å². The second kappa shape index (κ2) is 8.25. The SMILES string of the molecule is Cc1cc(OCC(F)(F)F)c(CN=[N+]=[N-])c(OCc2ccccc2)n1. The topological polar surface area (TPSA) is 80.1 Å². The van der Waals surface area contributed by atoms with Crippen LogP contribution in [0.1, 0.15) is 16.8 Å². The van der Waals surface area contributed by atoms with Crippen molar-refractivity contribution in [1.29, 1.82) is 0 Å². The van der Waals surface area contributed by atoms with Gasteiger partial charge in [0, 0.05) is 16.7 Å². The van der Waals surface area contributed by atoms with E-state index in [4.69, 9.17) is 15.0 Å². The van der Waals surface area contributed by atoms with Crippen LogP contribution in [0, 0.1) is 6.92 Å². The van der Waals surface area contributed by atoms with Crippen LogP contribution in [0.4, 0.5) is 13.2 Å². The van der Waals surface area contributed by atoms with Crippen LogP contribution in [-0.2, 0) is 13.2 Å². The summed E-state index contributed by atoms with van der Waals surface area (Å²) in [4.78, 5) is 6.81. The van der Waals surface area contributed by atoms with Gasteiger partial charge in [-0.05, 0) is 18.0 Å². The normalized spacial score (nSPS) is 10.9. The molecular weight excluding hydrogens is 337 g/mol. The maximum atomic E-state index is 12.4. The average Bonchev–Trinajstić information content (AvgIpc) is 2.57. The van der Waals surface area contributed by atoms with E-state index in [1.54, 1.807) is 6.92 Å². The number of hydrogen-bond acceptors (Lipinski definition) is 4. The summed E-state index contributed by atoms with van der Waals surface area (Å²) in [5, 5.41) is 3.39. The molecule has 0 aliphatic rings. The molecule has 1 aromatic carbocycles. The molecule has 0 saturated carbocycles. The first-order valence-corrected chi connectivity index (χ1v) is 7.26. The molecule has 0 radical (unpaired) electrons. The largest absolute Gasteiger partial charge is 0.484 e. The number of hydrogen-bond donors (Lipinski definition) is 0. The predicted molar refractivity (Wildman–Crippen MR) is 84.1 cm³/mol. The van der Waals surface area contributed by atoms with E-state index in [9.17, 15) is 13.2 Å². The van der Waals surface area contributed by atoms with Gasteiger partial charge in [0.05, 0.1) is 12.1 Å². The van der Waals surface area contributed by atoms with Gasteiger partial charge in [0.2, 0.25) is 5.88 Å². The van der Waals surface area contributed by atoms with Gasteiger partial charge in [0.1, 0.15) is 12.4 Å². The Balaban J connectivity index is 2.28. The van der Waals surface area contributed by atoms with E-state index < -0.39 is 12.8 Å². The highest BCUT2D eigenvalue weighted by atomic mass is 19.4. The molecule has 0 unspecified atom stereocenters. The van der Waals surface area contributed by atoms with Gasteiger partial charge in [-0.1, -0.05) is 35.4 Å². The van der Waals surface area contributed by atoms with Crippen molar-refractivity contribution in [3.63, 3.8) is 0 Å². The van der Waals surface area contributed by atoms with Gasteiger partial charge >= 0.3 is 6.18 Å². The summed E-state index contributed by atoms with van der Waals surface area (Å²) in [6.45, 7) is 0.0748. The molecule has 25 heavy (non-hydrogen) atoms. The number of ether oxygens (including phenoxy) is 2. The Morgan fingerprint density at radius 2 is 1.92 bits per heavy atom. The molecule has 0 fully saturated rings. The van der Waals surface area contributed by atoms with E-state index in [2.05, 4.69) is 15.0 Å². The van der Waals surface area contributed by atoms with E-state index in [0.29, 0.717) is 5.69 Å². The molecule has 0 amide bonds. The first kappa shape index (κ1) is 18.4. The summed E-state index contributed by atoms with van der Waals surface area (Å²) in [6, 6.07) is 10.5. The Kier molecular flexibility index (Phi) is 6.08. The molecule has 0 atom stereocenters. The Bertz CT molecular complexity index is 760. The van der Waals surface area contributed by atoms with E-state index in [-0.39, 0.29) is 30.3 Å². The molecule has 132 valence electrons. The second-order valence-electron chi connectivity index (χ2n) is 5.11. The number of nitrogens with zero attached hydrogens (tertiary/aromatic N) is 4. The maximum Gasteiger partial charge on any atom is 0.422 e. The molecule has 2 aromatic rings. The minimum atomic E-state index is -4.49. The predicted octanol–water partition coefficient (Wildman–Crippen LogP) is 4.72. The number of benzene rings is 1. The van der Waals surface area contributed by atoms with Gasteiger partial charge in [-0.3, -0.25) is 0 Å². The number of azide groups is 1. The van der Waals surface area contributed by atoms with Crippen molar-refractivity contribution < 1.29 is 22.6 Å². The lowest BCUT2D eigenvalue weighted by Crippen LogP contribution is -2.20. The Hall–Kier alpha value is -2.93. The third-order valence-electron chi connectivity index (χ3n) is 3.08. The molecule has 1 heterocycles. The number of aryl methyl sites for hydroxylation is 1. The van der Waals surface area contributed by atoms with Crippen LogP contribution < -0.4 is 9.47 Å². The van der Waals surface area contributed by atoms with Crippen molar-refractivity contribution in [3.05, 3.63) is 63.7 Å². The summed E-state index contributed by atoms with van der Waals surface area (Å²) >= 11 is 0. The molecule has 0 aliphatic heterocycles. The maximum absolute atomic E-state index is 12.4. The summed E-state index contributed by atoms with van der Waals surface area (Å²) in [6.07, 6.45) is -4.49. The lowest BCUT2D eigenvalue weighted by molar-refractivity contribution is -0.153. The number of alkyl halides is 3. The fraction of sp³-hybridized carbons (Fsp3) is 0.312. The van der Waals surface area contributed by atoms with E-state index in [0.717, 1.165) is 5.56 Å². The standard InChI is InChI=1S/C16H15F3N4O2/c1-11-7-14(25-10-16(17,18)19)13(8-21-23-20)15(22-11)24-9-12-5-3-2-4-6-12/h2-7H,8-10H2,1H3. The van der Waals surface area contributed by atoms with Crippen molar-refractivity contribution >= 4 is 0 Å². The zero-order valence-corrected chi connectivity index (χ0v) is 13.3. The molecule has 2 rings (SSSR count). The molecule has 0 saturated heterocycles. The lowest BCUT2D eigenvalue weighted by atomic mass is 10.2. The minimum Gasteiger partial charge on any atom is -0.484 e. The quantitative estimate of drug-likeness (QED) is 0.411. The number of pyridine rings is 1. The highest BCUT2D eigenvalue weighted by Gasteiger charge is 2.29. The summed E-state index contributed by atoms with van der Waals surface area (Å²) in [5.74, 6) is 0.00807. The Labute approximate surface area is 141 Å². The van der Waals surface area contributed by atoms with Crippen molar-refractivity contribution in [1.82, 2.24) is 4.98 Å². The lowest BCUT2D eigenvalue weighted by Gasteiger charge is -2.16. The van der Waals surface area contributed by atoms with Crippen LogP contribution in [0.2, 0.25) is 0 Å². The van der Waals surface area contributed by atoms with Gasteiger partial charge < -0.3 is 9.47 Å². The molecule has 0 bridgehead atoms. The summed E-state index contributed by atoms with van der Waals surface area (Å²) < 4.78 is 47.8. The van der Waals surface area contributed by atoms with Crippen LogP contribution in [0.3, 0.4) is 0 Å². The number of halogens is 3. The molecule has 0 aliphatic carbocycles. The average molecular weight is 352 g/mol. The summed E-state index contributed by atoms with van der Waals surface area (Å²) in [7, 11) is 0. The van der Waals surface area contributed by atoms with Crippen molar-refractivity contribution in [2.45, 2.75) is 26.3 Å². The monoisotopic (exact) mass is 352 g/mol. The van der Waals surface area contributed by atoms with Crippen LogP contribution >= 0.6 is 0 Å². The zero-order chi connectivity index (χ0) is 18.3. The highest BCUT2D eigenvalue weighted by Crippen LogP contribution is 2.31. The third-order valence-corrected chi connectivity index (χ3v) is 3.08. The fourth-order valence-corrected chi connectivity index (χ4v) is 2.02. The second-order valence-corrected chi connectivity index (χ2v) is 5.11. The van der Waals surface area contributed by atoms with Gasteiger partial charge in [-0.15, -0.1) is 0 Å². The van der Waals surface area contributed by atoms with Crippen LogP contribution in [0.25, 0.3) is 10.4 Å². The molecular formula is C16H15F3N4O2. The molecule has 0 N–H and O–H groups in total. The van der Waals surface area contributed by atoms with Crippen LogP contribution in [0.15, 0.2) is 41.5 Å². The third kappa shape index (κ3) is 5.89. The van der Waals surface area contributed by atoms with Crippen molar-refractivity contribution in [2.75, 3.05) is 6.61 Å². The molecule has 1 aromatic heterocycles. The minimum absolute atomic E-state index is 0.0692. The van der Waals surface area contributed by atoms with E-state index in [1.807, 2.05) is 30.3 Å². The van der Waals surface area contributed by atoms with Gasteiger partial charge in [0.15, 0.2) is 6.61 Å². The van der Waals surface area contributed by atoms with E-state index in [1.165, 1.54) is 6.07 Å². The Morgan fingerprint density at radius 1 is 1.20 bits per heavy atom. The highest BCUT2D eigenvalue weighted by molar-refractivity contribution is 5.42. The van der Waals surface area contributed by atoms with Gasteiger partial charge in [-0.2, -0.15) is 13.2 Å². The smallest absolute Gasteiger partial charge is 0.422 e. The first-order valence-electron chi connectivity index (χ1n) is 7.26. The summed E-state index contributed by atoms with van der Waals surface area (Å²) in [5.41, 5.74) is 9.96. The first-order chi connectivity index (χ1) is 11.9.